The van der Waals surface area contributed by atoms with Crippen molar-refractivity contribution in [1.82, 2.24) is 24.0 Å². The monoisotopic (exact) mass is 584 g/mol. The van der Waals surface area contributed by atoms with Gasteiger partial charge in [-0.3, -0.25) is 9.40 Å². The van der Waals surface area contributed by atoms with Crippen LogP contribution in [-0.2, 0) is 10.0 Å². The fraction of sp³-hybridized carbons (Fsp3) is 0.190. The predicted octanol–water partition coefficient (Wildman–Crippen LogP) is 3.65. The zero-order chi connectivity index (χ0) is 24.7. The Kier molecular flexibility index (Phi) is 10.2. The molecule has 0 unspecified atom stereocenters. The standard InChI is InChI=1S/C21H17ClF2N6O3S2.2Na/c1-29-9-13(10-29)30-17(4-5-26-30)14-6-12(22)2-3-18(14)33-19-7-16(24)20(8-15(19)23)35(31,32)28-21-25-11-27-34-21;;/h2-8,11,13H,9-10H2,1H3,(H,25,27,28);;. The molecule has 0 saturated carbocycles. The van der Waals surface area contributed by atoms with E-state index in [0.717, 1.165) is 30.9 Å². The van der Waals surface area contributed by atoms with Crippen LogP contribution in [0, 0.1) is 11.6 Å². The first-order chi connectivity index (χ1) is 16.7. The molecule has 0 spiro atoms. The van der Waals surface area contributed by atoms with E-state index in [4.69, 9.17) is 16.3 Å². The van der Waals surface area contributed by atoms with E-state index in [-0.39, 0.29) is 76.0 Å². The Labute approximate surface area is 265 Å². The Morgan fingerprint density at radius 2 is 1.86 bits per heavy atom. The summed E-state index contributed by atoms with van der Waals surface area (Å²) in [6.07, 6.45) is 2.78. The van der Waals surface area contributed by atoms with Gasteiger partial charge in [-0.05, 0) is 31.3 Å². The number of benzene rings is 2. The van der Waals surface area contributed by atoms with Gasteiger partial charge in [0, 0.05) is 113 Å². The summed E-state index contributed by atoms with van der Waals surface area (Å²) in [7, 11) is -2.44. The molecule has 184 valence electrons. The summed E-state index contributed by atoms with van der Waals surface area (Å²) in [5, 5.41) is 4.74. The summed E-state index contributed by atoms with van der Waals surface area (Å²) < 4.78 is 68.0. The minimum Gasteiger partial charge on any atom is -0.453 e. The second kappa shape index (κ2) is 12.4. The van der Waals surface area contributed by atoms with E-state index in [0.29, 0.717) is 28.4 Å². The molecule has 4 aromatic rings. The number of nitrogens with one attached hydrogen (secondary N) is 1. The molecule has 2 radical (unpaired) electrons. The van der Waals surface area contributed by atoms with E-state index in [1.807, 2.05) is 11.7 Å². The van der Waals surface area contributed by atoms with E-state index in [1.54, 1.807) is 24.4 Å². The Morgan fingerprint density at radius 1 is 1.11 bits per heavy atom. The zero-order valence-corrected chi connectivity index (χ0v) is 26.4. The molecule has 0 atom stereocenters. The van der Waals surface area contributed by atoms with Crippen molar-refractivity contribution >= 4 is 97.4 Å². The predicted molar refractivity (Wildman–Crippen MR) is 138 cm³/mol. The molecular weight excluding hydrogens is 568 g/mol. The maximum atomic E-state index is 14.9. The molecule has 0 aliphatic carbocycles. The molecule has 1 saturated heterocycles. The van der Waals surface area contributed by atoms with Crippen LogP contribution in [0.5, 0.6) is 11.5 Å². The molecule has 2 aromatic carbocycles. The first-order valence-electron chi connectivity index (χ1n) is 10.2. The molecule has 37 heavy (non-hydrogen) atoms. The fourth-order valence-electron chi connectivity index (χ4n) is 3.73. The average Bonchev–Trinajstić information content (AvgIpc) is 3.46. The second-order valence-corrected chi connectivity index (χ2v) is 10.7. The third kappa shape index (κ3) is 6.55. The zero-order valence-electron chi connectivity index (χ0n) is 20.0. The van der Waals surface area contributed by atoms with Crippen molar-refractivity contribution < 1.29 is 21.9 Å². The summed E-state index contributed by atoms with van der Waals surface area (Å²) in [6, 6.07) is 7.89. The summed E-state index contributed by atoms with van der Waals surface area (Å²) in [5.74, 6) is -2.56. The maximum absolute atomic E-state index is 14.9. The van der Waals surface area contributed by atoms with E-state index in [9.17, 15) is 17.2 Å². The number of anilines is 1. The first kappa shape index (κ1) is 30.4. The Morgan fingerprint density at radius 3 is 2.54 bits per heavy atom. The minimum absolute atomic E-state index is 0. The molecule has 5 rings (SSSR count). The molecule has 9 nitrogen and oxygen atoms in total. The minimum atomic E-state index is -4.44. The van der Waals surface area contributed by atoms with Gasteiger partial charge in [-0.15, -0.1) is 0 Å². The molecule has 16 heteroatoms. The van der Waals surface area contributed by atoms with E-state index in [1.165, 1.54) is 6.07 Å². The SMILES string of the molecule is CN1CC(n2nccc2-c2cc(Cl)ccc2Oc2cc(F)c(S(=O)(=O)Nc3ncns3)cc2F)C1.[Na].[Na]. The van der Waals surface area contributed by atoms with Crippen LogP contribution in [0.4, 0.5) is 13.9 Å². The molecule has 2 aromatic heterocycles. The topological polar surface area (TPSA) is 102 Å². The number of likely N-dealkylation sites (N-methyl/N-ethyl adjacent to an activating group) is 1. The number of likely N-dealkylation sites (tertiary alicyclic amines) is 1. The van der Waals surface area contributed by atoms with Crippen LogP contribution < -0.4 is 9.46 Å². The third-order valence-corrected chi connectivity index (χ3v) is 7.66. The normalized spacial score (nSPS) is 13.8. The molecule has 1 fully saturated rings. The smallest absolute Gasteiger partial charge is 0.266 e. The largest absolute Gasteiger partial charge is 0.453 e. The molecule has 0 amide bonds. The van der Waals surface area contributed by atoms with Crippen molar-refractivity contribution in [2.75, 3.05) is 24.9 Å². The Hall–Kier alpha value is -1.13. The van der Waals surface area contributed by atoms with Crippen molar-refractivity contribution in [2.24, 2.45) is 0 Å². The summed E-state index contributed by atoms with van der Waals surface area (Å²) in [4.78, 5) is 4.93. The van der Waals surface area contributed by atoms with Crippen molar-refractivity contribution in [2.45, 2.75) is 10.9 Å². The number of nitrogens with zero attached hydrogens (tertiary/aromatic N) is 5. The first-order valence-corrected chi connectivity index (χ1v) is 12.8. The van der Waals surface area contributed by atoms with Gasteiger partial charge in [-0.25, -0.2) is 22.2 Å². The van der Waals surface area contributed by atoms with Crippen molar-refractivity contribution in [1.29, 1.82) is 0 Å². The van der Waals surface area contributed by atoms with Crippen LogP contribution in [0.3, 0.4) is 0 Å². The quantitative estimate of drug-likeness (QED) is 0.331. The number of aromatic nitrogens is 4. The summed E-state index contributed by atoms with van der Waals surface area (Å²) >= 11 is 6.97. The van der Waals surface area contributed by atoms with Gasteiger partial charge in [-0.2, -0.15) is 9.47 Å². The van der Waals surface area contributed by atoms with Gasteiger partial charge in [-0.1, -0.05) is 11.6 Å². The van der Waals surface area contributed by atoms with Crippen LogP contribution in [0.25, 0.3) is 11.3 Å². The molecule has 0 bridgehead atoms. The number of ether oxygens (including phenoxy) is 1. The molecule has 3 heterocycles. The molecule has 1 N–H and O–H groups in total. The van der Waals surface area contributed by atoms with Gasteiger partial charge >= 0.3 is 0 Å². The number of halogens is 3. The van der Waals surface area contributed by atoms with E-state index >= 15 is 0 Å². The maximum Gasteiger partial charge on any atom is 0.266 e. The van der Waals surface area contributed by atoms with Crippen LogP contribution in [0.2, 0.25) is 5.02 Å². The average molecular weight is 585 g/mol. The van der Waals surface area contributed by atoms with Gasteiger partial charge in [0.25, 0.3) is 10.0 Å². The van der Waals surface area contributed by atoms with Crippen LogP contribution in [0.1, 0.15) is 6.04 Å². The summed E-state index contributed by atoms with van der Waals surface area (Å²) in [6.45, 7) is 1.62. The third-order valence-electron chi connectivity index (χ3n) is 5.36. The van der Waals surface area contributed by atoms with E-state index < -0.39 is 32.3 Å². The van der Waals surface area contributed by atoms with Crippen LogP contribution >= 0.6 is 23.1 Å². The number of hydrogen-bond acceptors (Lipinski definition) is 8. The number of hydrogen-bond donors (Lipinski definition) is 1. The van der Waals surface area contributed by atoms with Gasteiger partial charge < -0.3 is 9.64 Å². The Bertz CT molecular complexity index is 1500. The van der Waals surface area contributed by atoms with Crippen LogP contribution in [-0.4, -0.2) is 112 Å². The Balaban J connectivity index is 0.00000190. The molecule has 1 aliphatic heterocycles. The molecule has 1 aliphatic rings. The van der Waals surface area contributed by atoms with Gasteiger partial charge in [0.05, 0.1) is 11.7 Å². The fourth-order valence-corrected chi connectivity index (χ4v) is 5.64. The summed E-state index contributed by atoms with van der Waals surface area (Å²) in [5.41, 5.74) is 1.22. The van der Waals surface area contributed by atoms with Crippen LogP contribution in [0.15, 0.2) is 53.8 Å². The van der Waals surface area contributed by atoms with E-state index in [2.05, 4.69) is 24.1 Å². The van der Waals surface area contributed by atoms with Crippen molar-refractivity contribution in [3.05, 3.63) is 65.6 Å². The number of sulfonamides is 1. The van der Waals surface area contributed by atoms with Crippen molar-refractivity contribution in [3.63, 3.8) is 0 Å². The van der Waals surface area contributed by atoms with Gasteiger partial charge in [0.2, 0.25) is 5.13 Å². The van der Waals surface area contributed by atoms with Gasteiger partial charge in [0.1, 0.15) is 22.8 Å². The molecular formula is C21H17ClF2N6Na2O3S2. The second-order valence-electron chi connectivity index (χ2n) is 7.84. The number of rotatable bonds is 7. The van der Waals surface area contributed by atoms with Gasteiger partial charge in [0.15, 0.2) is 11.6 Å². The van der Waals surface area contributed by atoms with Crippen molar-refractivity contribution in [3.8, 4) is 22.8 Å².